The highest BCUT2D eigenvalue weighted by Crippen LogP contribution is 2.57. The van der Waals surface area contributed by atoms with Gasteiger partial charge in [-0.1, -0.05) is 111 Å². The zero-order valence-corrected chi connectivity index (χ0v) is 25.9. The van der Waals surface area contributed by atoms with Crippen molar-refractivity contribution in [3.05, 3.63) is 145 Å². The molecule has 4 heterocycles. The number of pyridine rings is 1. The van der Waals surface area contributed by atoms with Crippen molar-refractivity contribution >= 4 is 71.7 Å². The molecule has 5 heteroatoms. The van der Waals surface area contributed by atoms with E-state index < -0.39 is 0 Å². The summed E-state index contributed by atoms with van der Waals surface area (Å²) in [5.41, 5.74) is 8.24. The number of rotatable bonds is 2. The number of fused-ring (bicyclic) bond motifs is 12. The fourth-order valence-corrected chi connectivity index (χ4v) is 7.80. The van der Waals surface area contributed by atoms with Crippen LogP contribution in [0.3, 0.4) is 0 Å². The third kappa shape index (κ3) is 3.57. The van der Waals surface area contributed by atoms with E-state index in [0.29, 0.717) is 5.95 Å². The van der Waals surface area contributed by atoms with Gasteiger partial charge in [0.15, 0.2) is 5.58 Å². The monoisotopic (exact) mass is 604 g/mol. The van der Waals surface area contributed by atoms with Crippen molar-refractivity contribution in [2.24, 2.45) is 0 Å². The van der Waals surface area contributed by atoms with E-state index in [0.717, 1.165) is 66.4 Å². The predicted octanol–water partition coefficient (Wildman–Crippen LogP) is 11.0. The van der Waals surface area contributed by atoms with Crippen molar-refractivity contribution < 1.29 is 4.42 Å². The molecule has 1 aliphatic heterocycles. The lowest BCUT2D eigenvalue weighted by molar-refractivity contribution is 0.628. The average Bonchev–Trinajstić information content (AvgIpc) is 3.52. The van der Waals surface area contributed by atoms with Crippen LogP contribution in [0.4, 0.5) is 17.3 Å². The minimum atomic E-state index is -0.345. The van der Waals surface area contributed by atoms with E-state index in [2.05, 4.69) is 122 Å². The lowest BCUT2D eigenvalue weighted by Crippen LogP contribution is -2.32. The summed E-state index contributed by atoms with van der Waals surface area (Å²) >= 11 is 0. The Morgan fingerprint density at radius 3 is 2.19 bits per heavy atom. The van der Waals surface area contributed by atoms with Crippen molar-refractivity contribution in [1.82, 2.24) is 15.0 Å². The molecule has 0 unspecified atom stereocenters. The van der Waals surface area contributed by atoms with Crippen molar-refractivity contribution in [3.63, 3.8) is 0 Å². The van der Waals surface area contributed by atoms with Gasteiger partial charge in [-0.3, -0.25) is 9.88 Å². The zero-order chi connectivity index (χ0) is 31.3. The number of hydrogen-bond donors (Lipinski definition) is 0. The molecule has 6 aromatic carbocycles. The molecule has 1 aliphatic rings. The number of para-hydroxylation sites is 2. The SMILES string of the molecule is CC1(C)c2ccccc2N(c2nc(-c3ccccn3)c3ccc4ccccc4c3n2)c2c1c1ccccc1c1c2oc2ccccc21. The van der Waals surface area contributed by atoms with Crippen LogP contribution in [0, 0.1) is 0 Å². The van der Waals surface area contributed by atoms with Crippen molar-refractivity contribution in [2.45, 2.75) is 19.3 Å². The van der Waals surface area contributed by atoms with Gasteiger partial charge in [0.2, 0.25) is 5.95 Å². The van der Waals surface area contributed by atoms with E-state index in [9.17, 15) is 0 Å². The van der Waals surface area contributed by atoms with Gasteiger partial charge in [0.25, 0.3) is 0 Å². The third-order valence-corrected chi connectivity index (χ3v) is 9.87. The molecule has 0 N–H and O–H groups in total. The van der Waals surface area contributed by atoms with Gasteiger partial charge in [0, 0.05) is 33.2 Å². The number of anilines is 3. The van der Waals surface area contributed by atoms with Gasteiger partial charge in [-0.15, -0.1) is 0 Å². The second-order valence-corrected chi connectivity index (χ2v) is 12.8. The maximum Gasteiger partial charge on any atom is 0.235 e. The van der Waals surface area contributed by atoms with E-state index in [-0.39, 0.29) is 5.41 Å². The normalized spacial score (nSPS) is 13.9. The molecule has 0 fully saturated rings. The Morgan fingerprint density at radius 1 is 0.617 bits per heavy atom. The van der Waals surface area contributed by atoms with E-state index in [1.165, 1.54) is 21.9 Å². The summed E-state index contributed by atoms with van der Waals surface area (Å²) in [7, 11) is 0. The van der Waals surface area contributed by atoms with Gasteiger partial charge in [-0.05, 0) is 57.6 Å². The standard InChI is InChI=1S/C42H28N4O/c1-42(2)31-18-8-9-20-33(31)46(39-36(42)28-16-6-5-15-27(28)35-29-17-7-10-21-34(29)47-40(35)39)41-44-37-26-14-4-3-13-25(26)22-23-30(37)38(45-41)32-19-11-12-24-43-32/h3-24H,1-2H3. The van der Waals surface area contributed by atoms with E-state index >= 15 is 0 Å². The number of hydrogen-bond acceptors (Lipinski definition) is 5. The molecule has 10 rings (SSSR count). The molecule has 0 bridgehead atoms. The third-order valence-electron chi connectivity index (χ3n) is 9.87. The van der Waals surface area contributed by atoms with Crippen LogP contribution in [0.5, 0.6) is 0 Å². The maximum atomic E-state index is 6.88. The van der Waals surface area contributed by atoms with Gasteiger partial charge in [0.1, 0.15) is 11.3 Å². The first kappa shape index (κ1) is 26.2. The summed E-state index contributed by atoms with van der Waals surface area (Å²) in [6.45, 7) is 4.63. The van der Waals surface area contributed by atoms with Gasteiger partial charge in [0.05, 0.1) is 22.6 Å². The fraction of sp³-hybridized carbons (Fsp3) is 0.0714. The second-order valence-electron chi connectivity index (χ2n) is 12.8. The first-order chi connectivity index (χ1) is 23.1. The molecule has 0 spiro atoms. The number of nitrogens with zero attached hydrogens (tertiary/aromatic N) is 4. The minimum Gasteiger partial charge on any atom is -0.454 e. The lowest BCUT2D eigenvalue weighted by Gasteiger charge is -2.41. The second kappa shape index (κ2) is 9.47. The molecule has 0 amide bonds. The quantitative estimate of drug-likeness (QED) is 0.184. The summed E-state index contributed by atoms with van der Waals surface area (Å²) in [6.07, 6.45) is 1.82. The van der Waals surface area contributed by atoms with Crippen LogP contribution in [-0.4, -0.2) is 15.0 Å². The molecule has 0 saturated carbocycles. The first-order valence-electron chi connectivity index (χ1n) is 16.0. The highest BCUT2D eigenvalue weighted by atomic mass is 16.3. The zero-order valence-electron chi connectivity index (χ0n) is 25.9. The Kier molecular flexibility index (Phi) is 5.28. The summed E-state index contributed by atoms with van der Waals surface area (Å²) in [5, 5.41) is 7.74. The van der Waals surface area contributed by atoms with Gasteiger partial charge >= 0.3 is 0 Å². The van der Waals surface area contributed by atoms with Gasteiger partial charge < -0.3 is 4.42 Å². The Hall–Kier alpha value is -6.07. The van der Waals surface area contributed by atoms with Crippen molar-refractivity contribution in [3.8, 4) is 11.4 Å². The number of benzene rings is 6. The molecule has 9 aromatic rings. The summed E-state index contributed by atoms with van der Waals surface area (Å²) in [6, 6.07) is 44.3. The Bertz CT molecular complexity index is 2730. The molecule has 222 valence electrons. The van der Waals surface area contributed by atoms with Crippen LogP contribution in [0.1, 0.15) is 25.0 Å². The first-order valence-corrected chi connectivity index (χ1v) is 16.0. The van der Waals surface area contributed by atoms with Crippen LogP contribution in [0.2, 0.25) is 0 Å². The molecule has 5 nitrogen and oxygen atoms in total. The van der Waals surface area contributed by atoms with Crippen molar-refractivity contribution in [1.29, 1.82) is 0 Å². The average molecular weight is 605 g/mol. The topological polar surface area (TPSA) is 55.1 Å². The largest absolute Gasteiger partial charge is 0.454 e. The van der Waals surface area contributed by atoms with Crippen LogP contribution < -0.4 is 4.90 Å². The Balaban J connectivity index is 1.42. The molecule has 0 saturated heterocycles. The molecule has 3 aromatic heterocycles. The molecule has 0 atom stereocenters. The number of furan rings is 1. The Morgan fingerprint density at radius 2 is 1.34 bits per heavy atom. The van der Waals surface area contributed by atoms with Crippen molar-refractivity contribution in [2.75, 3.05) is 4.90 Å². The van der Waals surface area contributed by atoms with E-state index in [1.54, 1.807) is 0 Å². The van der Waals surface area contributed by atoms with Crippen LogP contribution >= 0.6 is 0 Å². The smallest absolute Gasteiger partial charge is 0.235 e. The molecule has 0 aliphatic carbocycles. The Labute approximate surface area is 270 Å². The molecule has 0 radical (unpaired) electrons. The minimum absolute atomic E-state index is 0.345. The lowest BCUT2D eigenvalue weighted by atomic mass is 9.71. The van der Waals surface area contributed by atoms with Gasteiger partial charge in [-0.25, -0.2) is 9.97 Å². The summed E-state index contributed by atoms with van der Waals surface area (Å²) in [5.74, 6) is 0.579. The molecule has 47 heavy (non-hydrogen) atoms. The highest BCUT2D eigenvalue weighted by Gasteiger charge is 2.42. The van der Waals surface area contributed by atoms with E-state index in [1.807, 2.05) is 30.5 Å². The molecular formula is C42H28N4O. The summed E-state index contributed by atoms with van der Waals surface area (Å²) < 4.78 is 6.88. The number of aromatic nitrogens is 3. The highest BCUT2D eigenvalue weighted by molar-refractivity contribution is 6.25. The summed E-state index contributed by atoms with van der Waals surface area (Å²) in [4.78, 5) is 17.8. The predicted molar refractivity (Wildman–Crippen MR) is 192 cm³/mol. The van der Waals surface area contributed by atoms with Crippen LogP contribution in [-0.2, 0) is 5.41 Å². The van der Waals surface area contributed by atoms with Crippen LogP contribution in [0.25, 0.3) is 65.8 Å². The van der Waals surface area contributed by atoms with Gasteiger partial charge in [-0.2, -0.15) is 0 Å². The molecular weight excluding hydrogens is 576 g/mol. The van der Waals surface area contributed by atoms with E-state index in [4.69, 9.17) is 19.4 Å². The maximum absolute atomic E-state index is 6.88. The van der Waals surface area contributed by atoms with Crippen LogP contribution in [0.15, 0.2) is 138 Å². The fourth-order valence-electron chi connectivity index (χ4n) is 7.80.